The van der Waals surface area contributed by atoms with Crippen molar-refractivity contribution in [1.29, 1.82) is 0 Å². The molecule has 0 radical (unpaired) electrons. The monoisotopic (exact) mass is 838 g/mol. The van der Waals surface area contributed by atoms with Crippen molar-refractivity contribution in [2.24, 2.45) is 0 Å². The van der Waals surface area contributed by atoms with E-state index in [0.717, 1.165) is 66.7 Å². The molecule has 14 rings (SSSR count). The lowest BCUT2D eigenvalue weighted by molar-refractivity contribution is 0.669. The SMILES string of the molecule is c1ccc(-c2nc(-c3cc(-c4ccc5oc6ccccc6c5c4)cc(-c4cccc5ccccc45)c3)cc(-c3ccc4c(c3)C3(c5ccccc5-c5ccccc53)c3ccccc3-4)n2)cc1. The molecule has 0 unspecified atom stereocenters. The highest BCUT2D eigenvalue weighted by molar-refractivity contribution is 6.07. The van der Waals surface area contributed by atoms with Crippen molar-refractivity contribution in [3.63, 3.8) is 0 Å². The van der Waals surface area contributed by atoms with E-state index in [4.69, 9.17) is 14.4 Å². The average Bonchev–Trinajstić information content (AvgIpc) is 4.02. The summed E-state index contributed by atoms with van der Waals surface area (Å²) in [5.74, 6) is 0.682. The van der Waals surface area contributed by atoms with Gasteiger partial charge in [0.05, 0.1) is 16.8 Å². The molecule has 0 N–H and O–H groups in total. The molecule has 306 valence electrons. The molecule has 0 fully saturated rings. The summed E-state index contributed by atoms with van der Waals surface area (Å²) in [5, 5.41) is 4.61. The minimum atomic E-state index is -0.462. The van der Waals surface area contributed by atoms with Crippen LogP contribution >= 0.6 is 0 Å². The first kappa shape index (κ1) is 36.8. The highest BCUT2D eigenvalue weighted by atomic mass is 16.3. The fraction of sp³-hybridized carbons (Fsp3) is 0.0159. The van der Waals surface area contributed by atoms with Gasteiger partial charge < -0.3 is 4.42 Å². The first-order valence-corrected chi connectivity index (χ1v) is 22.6. The molecule has 2 aromatic heterocycles. The van der Waals surface area contributed by atoms with Crippen molar-refractivity contribution in [3.05, 3.63) is 253 Å². The van der Waals surface area contributed by atoms with Crippen LogP contribution in [0.5, 0.6) is 0 Å². The van der Waals surface area contributed by atoms with Crippen molar-refractivity contribution in [2.75, 3.05) is 0 Å². The molecule has 2 aliphatic rings. The molecule has 0 saturated heterocycles. The molecular weight excluding hydrogens is 801 g/mol. The van der Waals surface area contributed by atoms with Crippen LogP contribution in [0.3, 0.4) is 0 Å². The minimum Gasteiger partial charge on any atom is -0.456 e. The van der Waals surface area contributed by atoms with Gasteiger partial charge in [-0.25, -0.2) is 9.97 Å². The Morgan fingerprint density at radius 2 is 0.833 bits per heavy atom. The van der Waals surface area contributed by atoms with Gasteiger partial charge in [0.15, 0.2) is 5.82 Å². The molecule has 0 amide bonds. The van der Waals surface area contributed by atoms with E-state index < -0.39 is 5.41 Å². The first-order chi connectivity index (χ1) is 32.7. The largest absolute Gasteiger partial charge is 0.456 e. The second-order valence-electron chi connectivity index (χ2n) is 17.6. The van der Waals surface area contributed by atoms with Crippen LogP contribution in [0, 0.1) is 0 Å². The quantitative estimate of drug-likeness (QED) is 0.173. The van der Waals surface area contributed by atoms with E-state index in [-0.39, 0.29) is 0 Å². The maximum absolute atomic E-state index is 6.28. The molecule has 3 nitrogen and oxygen atoms in total. The number of fused-ring (bicyclic) bond motifs is 14. The second kappa shape index (κ2) is 14.2. The zero-order valence-electron chi connectivity index (χ0n) is 35.7. The van der Waals surface area contributed by atoms with Gasteiger partial charge in [0, 0.05) is 27.5 Å². The van der Waals surface area contributed by atoms with Gasteiger partial charge in [0.25, 0.3) is 0 Å². The maximum atomic E-state index is 6.28. The zero-order chi connectivity index (χ0) is 43.3. The summed E-state index contributed by atoms with van der Waals surface area (Å²) in [6, 6.07) is 83.4. The van der Waals surface area contributed by atoms with Crippen LogP contribution in [0.15, 0.2) is 235 Å². The number of nitrogens with zero attached hydrogens (tertiary/aromatic N) is 2. The van der Waals surface area contributed by atoms with Gasteiger partial charge in [0.2, 0.25) is 0 Å². The second-order valence-corrected chi connectivity index (χ2v) is 17.6. The Morgan fingerprint density at radius 3 is 1.59 bits per heavy atom. The number of rotatable bonds is 5. The van der Waals surface area contributed by atoms with Crippen LogP contribution in [0.25, 0.3) is 111 Å². The predicted octanol–water partition coefficient (Wildman–Crippen LogP) is 16.2. The lowest BCUT2D eigenvalue weighted by atomic mass is 9.70. The third-order valence-corrected chi connectivity index (χ3v) is 14.1. The number of para-hydroxylation sites is 1. The number of furan rings is 1. The molecule has 0 saturated carbocycles. The van der Waals surface area contributed by atoms with Crippen LogP contribution in [0.1, 0.15) is 22.3 Å². The van der Waals surface area contributed by atoms with Crippen LogP contribution in [-0.2, 0) is 5.41 Å². The van der Waals surface area contributed by atoms with Crippen LogP contribution in [0.2, 0.25) is 0 Å². The number of benzene rings is 10. The molecule has 0 bridgehead atoms. The van der Waals surface area contributed by atoms with Gasteiger partial charge in [0.1, 0.15) is 11.2 Å². The first-order valence-electron chi connectivity index (χ1n) is 22.6. The van der Waals surface area contributed by atoms with E-state index in [1.165, 1.54) is 60.8 Å². The van der Waals surface area contributed by atoms with Gasteiger partial charge >= 0.3 is 0 Å². The van der Waals surface area contributed by atoms with E-state index >= 15 is 0 Å². The summed E-state index contributed by atoms with van der Waals surface area (Å²) in [4.78, 5) is 10.8. The lowest BCUT2D eigenvalue weighted by Gasteiger charge is -2.30. The fourth-order valence-electron chi connectivity index (χ4n) is 11.2. The third-order valence-electron chi connectivity index (χ3n) is 14.1. The maximum Gasteiger partial charge on any atom is 0.160 e. The zero-order valence-corrected chi connectivity index (χ0v) is 35.7. The minimum absolute atomic E-state index is 0.462. The molecule has 0 atom stereocenters. The smallest absolute Gasteiger partial charge is 0.160 e. The van der Waals surface area contributed by atoms with Gasteiger partial charge in [-0.1, -0.05) is 182 Å². The summed E-state index contributed by atoms with van der Waals surface area (Å²) in [6.45, 7) is 0. The summed E-state index contributed by atoms with van der Waals surface area (Å²) < 4.78 is 6.28. The van der Waals surface area contributed by atoms with Crippen molar-refractivity contribution in [1.82, 2.24) is 9.97 Å². The van der Waals surface area contributed by atoms with E-state index in [9.17, 15) is 0 Å². The van der Waals surface area contributed by atoms with E-state index in [2.05, 4.69) is 212 Å². The van der Waals surface area contributed by atoms with Crippen LogP contribution in [0.4, 0.5) is 0 Å². The van der Waals surface area contributed by atoms with Gasteiger partial charge in [-0.2, -0.15) is 0 Å². The van der Waals surface area contributed by atoms with E-state index in [1.54, 1.807) is 0 Å². The lowest BCUT2D eigenvalue weighted by Crippen LogP contribution is -2.25. The van der Waals surface area contributed by atoms with Crippen molar-refractivity contribution < 1.29 is 4.42 Å². The van der Waals surface area contributed by atoms with E-state index in [0.29, 0.717) is 5.82 Å². The highest BCUT2D eigenvalue weighted by Gasteiger charge is 2.51. The van der Waals surface area contributed by atoms with Gasteiger partial charge in [-0.3, -0.25) is 0 Å². The molecule has 0 aliphatic heterocycles. The standard InChI is InChI=1S/C63H38N2O/c1-2-16-40(17-3-1)62-64-58(42-29-31-51-50-22-8-12-27-56(50)63(57(51)37-42)54-25-10-6-20-48(54)49-21-7-11-26-55(49)63)38-59(65-62)45-34-43(33-44(35-45)47-24-14-18-39-15-4-5-19-46(39)47)41-30-32-61-53(36-41)52-23-9-13-28-60(52)66-61/h1-38H. The Hall–Kier alpha value is -8.66. The van der Waals surface area contributed by atoms with Gasteiger partial charge in [-0.15, -0.1) is 0 Å². The molecule has 10 aromatic carbocycles. The summed E-state index contributed by atoms with van der Waals surface area (Å²) in [5.41, 5.74) is 20.9. The predicted molar refractivity (Wildman–Crippen MR) is 270 cm³/mol. The third kappa shape index (κ3) is 5.38. The highest BCUT2D eigenvalue weighted by Crippen LogP contribution is 2.63. The fourth-order valence-corrected chi connectivity index (χ4v) is 11.2. The molecule has 3 heteroatoms. The molecular formula is C63H38N2O. The van der Waals surface area contributed by atoms with E-state index in [1.807, 2.05) is 18.2 Å². The summed E-state index contributed by atoms with van der Waals surface area (Å²) >= 11 is 0. The molecule has 2 aliphatic carbocycles. The Balaban J connectivity index is 1.01. The number of aromatic nitrogens is 2. The molecule has 2 heterocycles. The van der Waals surface area contributed by atoms with Crippen molar-refractivity contribution >= 4 is 32.7 Å². The van der Waals surface area contributed by atoms with Crippen molar-refractivity contribution in [2.45, 2.75) is 5.41 Å². The molecule has 12 aromatic rings. The Morgan fingerprint density at radius 1 is 0.288 bits per heavy atom. The summed E-state index contributed by atoms with van der Waals surface area (Å²) in [7, 11) is 0. The Bertz CT molecular complexity index is 3890. The Kier molecular flexibility index (Phi) is 7.90. The number of hydrogen-bond donors (Lipinski definition) is 0. The molecule has 1 spiro atoms. The van der Waals surface area contributed by atoms with Crippen LogP contribution < -0.4 is 0 Å². The van der Waals surface area contributed by atoms with Gasteiger partial charge in [-0.05, 0) is 126 Å². The molecule has 66 heavy (non-hydrogen) atoms. The number of hydrogen-bond acceptors (Lipinski definition) is 3. The summed E-state index contributed by atoms with van der Waals surface area (Å²) in [6.07, 6.45) is 0. The van der Waals surface area contributed by atoms with Crippen molar-refractivity contribution in [3.8, 4) is 78.4 Å². The normalized spacial score (nSPS) is 13.0. The van der Waals surface area contributed by atoms with Crippen LogP contribution in [-0.4, -0.2) is 9.97 Å². The topological polar surface area (TPSA) is 38.9 Å². The average molecular weight is 839 g/mol. The Labute approximate surface area is 382 Å².